The van der Waals surface area contributed by atoms with Crippen molar-refractivity contribution < 1.29 is 9.53 Å². The van der Waals surface area contributed by atoms with Crippen molar-refractivity contribution in [1.82, 2.24) is 4.98 Å². The van der Waals surface area contributed by atoms with Gasteiger partial charge in [0, 0.05) is 5.56 Å². The van der Waals surface area contributed by atoms with Crippen LogP contribution < -0.4 is 0 Å². The normalized spacial score (nSPS) is 13.5. The number of fused-ring (bicyclic) bond motifs is 2. The molecule has 0 aliphatic carbocycles. The van der Waals surface area contributed by atoms with Crippen LogP contribution in [0.15, 0.2) is 42.5 Å². The van der Waals surface area contributed by atoms with Crippen LogP contribution in [0.3, 0.4) is 0 Å². The maximum absolute atomic E-state index is 12.4. The molecular weight excluding hydrogens is 282 g/mol. The molecule has 4 rings (SSSR count). The molecule has 0 fully saturated rings. The van der Waals surface area contributed by atoms with E-state index in [1.807, 2.05) is 42.5 Å². The molecule has 0 bridgehead atoms. The SMILES string of the molecule is O=C(Cc1nc2ccccc2s1)c1ccc2c(c1)COC2. The Kier molecular flexibility index (Phi) is 3.05. The first-order chi connectivity index (χ1) is 10.3. The minimum Gasteiger partial charge on any atom is -0.372 e. The number of aromatic nitrogens is 1. The van der Waals surface area contributed by atoms with Crippen molar-refractivity contribution in [3.63, 3.8) is 0 Å². The van der Waals surface area contributed by atoms with Crippen molar-refractivity contribution in [1.29, 1.82) is 0 Å². The molecule has 2 aromatic carbocycles. The Labute approximate surface area is 126 Å². The van der Waals surface area contributed by atoms with E-state index in [4.69, 9.17) is 4.74 Å². The van der Waals surface area contributed by atoms with Crippen molar-refractivity contribution >= 4 is 27.3 Å². The minimum absolute atomic E-state index is 0.115. The zero-order chi connectivity index (χ0) is 14.2. The van der Waals surface area contributed by atoms with Gasteiger partial charge in [-0.2, -0.15) is 0 Å². The van der Waals surface area contributed by atoms with Gasteiger partial charge in [-0.05, 0) is 29.3 Å². The Morgan fingerprint density at radius 1 is 1.14 bits per heavy atom. The number of ether oxygens (including phenoxy) is 1. The van der Waals surface area contributed by atoms with Gasteiger partial charge in [-0.15, -0.1) is 11.3 Å². The second-order valence-corrected chi connectivity index (χ2v) is 6.27. The van der Waals surface area contributed by atoms with Crippen LogP contribution in [0.2, 0.25) is 0 Å². The van der Waals surface area contributed by atoms with E-state index in [0.717, 1.165) is 26.4 Å². The van der Waals surface area contributed by atoms with Gasteiger partial charge in [0.05, 0.1) is 29.9 Å². The lowest BCUT2D eigenvalue weighted by Gasteiger charge is -2.02. The number of para-hydroxylation sites is 1. The molecule has 0 N–H and O–H groups in total. The summed E-state index contributed by atoms with van der Waals surface area (Å²) in [6, 6.07) is 13.8. The predicted molar refractivity (Wildman–Crippen MR) is 82.6 cm³/mol. The van der Waals surface area contributed by atoms with Crippen molar-refractivity contribution in [2.45, 2.75) is 19.6 Å². The van der Waals surface area contributed by atoms with E-state index >= 15 is 0 Å². The van der Waals surface area contributed by atoms with Gasteiger partial charge in [-0.25, -0.2) is 4.98 Å². The van der Waals surface area contributed by atoms with Gasteiger partial charge in [0.1, 0.15) is 5.01 Å². The fourth-order valence-corrected chi connectivity index (χ4v) is 3.55. The molecule has 0 amide bonds. The van der Waals surface area contributed by atoms with Gasteiger partial charge in [0.15, 0.2) is 5.78 Å². The van der Waals surface area contributed by atoms with Gasteiger partial charge < -0.3 is 4.74 Å². The topological polar surface area (TPSA) is 39.2 Å². The number of ketones is 1. The molecule has 0 saturated carbocycles. The molecule has 1 aliphatic heterocycles. The molecular formula is C17H13NO2S. The third-order valence-corrected chi connectivity index (χ3v) is 4.73. The highest BCUT2D eigenvalue weighted by Crippen LogP contribution is 2.24. The summed E-state index contributed by atoms with van der Waals surface area (Å²) in [5, 5.41) is 0.873. The largest absolute Gasteiger partial charge is 0.372 e. The van der Waals surface area contributed by atoms with Gasteiger partial charge in [-0.1, -0.05) is 24.3 Å². The van der Waals surface area contributed by atoms with E-state index in [-0.39, 0.29) is 5.78 Å². The van der Waals surface area contributed by atoms with Crippen LogP contribution in [0.25, 0.3) is 10.2 Å². The lowest BCUT2D eigenvalue weighted by Crippen LogP contribution is -2.04. The molecule has 0 radical (unpaired) electrons. The molecule has 1 aromatic heterocycles. The van der Waals surface area contributed by atoms with Crippen LogP contribution in [0.4, 0.5) is 0 Å². The summed E-state index contributed by atoms with van der Waals surface area (Å²) in [6.45, 7) is 1.26. The predicted octanol–water partition coefficient (Wildman–Crippen LogP) is 3.75. The number of hydrogen-bond acceptors (Lipinski definition) is 4. The molecule has 0 unspecified atom stereocenters. The number of rotatable bonds is 3. The Bertz CT molecular complexity index is 805. The minimum atomic E-state index is 0.115. The van der Waals surface area contributed by atoms with E-state index in [1.165, 1.54) is 5.56 Å². The lowest BCUT2D eigenvalue weighted by atomic mass is 10.0. The van der Waals surface area contributed by atoms with Crippen LogP contribution in [0.1, 0.15) is 26.5 Å². The molecule has 3 aromatic rings. The first-order valence-corrected chi connectivity index (χ1v) is 7.68. The third kappa shape index (κ3) is 2.37. The van der Waals surface area contributed by atoms with Gasteiger partial charge in [0.2, 0.25) is 0 Å². The zero-order valence-corrected chi connectivity index (χ0v) is 12.2. The number of thiazole rings is 1. The van der Waals surface area contributed by atoms with E-state index in [9.17, 15) is 4.79 Å². The fraction of sp³-hybridized carbons (Fsp3) is 0.176. The fourth-order valence-electron chi connectivity index (χ4n) is 2.58. The average Bonchev–Trinajstić information content (AvgIpc) is 3.11. The number of carbonyl (C=O) groups is 1. The first kappa shape index (κ1) is 12.7. The summed E-state index contributed by atoms with van der Waals surface area (Å²) in [6.07, 6.45) is 0.360. The molecule has 104 valence electrons. The third-order valence-electron chi connectivity index (χ3n) is 3.69. The number of hydrogen-bond donors (Lipinski definition) is 0. The highest BCUT2D eigenvalue weighted by Gasteiger charge is 2.16. The van der Waals surface area contributed by atoms with Gasteiger partial charge in [-0.3, -0.25) is 4.79 Å². The van der Waals surface area contributed by atoms with Crippen molar-refractivity contribution in [2.75, 3.05) is 0 Å². The number of carbonyl (C=O) groups excluding carboxylic acids is 1. The molecule has 0 saturated heterocycles. The molecule has 0 atom stereocenters. The van der Waals surface area contributed by atoms with Crippen molar-refractivity contribution in [3.05, 3.63) is 64.2 Å². The quantitative estimate of drug-likeness (QED) is 0.691. The summed E-state index contributed by atoms with van der Waals surface area (Å²) < 4.78 is 6.51. The summed E-state index contributed by atoms with van der Waals surface area (Å²) in [4.78, 5) is 16.9. The average molecular weight is 295 g/mol. The number of nitrogens with zero attached hydrogens (tertiary/aromatic N) is 1. The summed E-state index contributed by atoms with van der Waals surface area (Å²) in [5.41, 5.74) is 4.03. The van der Waals surface area contributed by atoms with E-state index in [0.29, 0.717) is 19.6 Å². The van der Waals surface area contributed by atoms with Crippen molar-refractivity contribution in [3.8, 4) is 0 Å². The second kappa shape index (κ2) is 5.06. The van der Waals surface area contributed by atoms with Crippen LogP contribution in [0, 0.1) is 0 Å². The monoisotopic (exact) mass is 295 g/mol. The molecule has 4 heteroatoms. The smallest absolute Gasteiger partial charge is 0.169 e. The van der Waals surface area contributed by atoms with Crippen LogP contribution in [0.5, 0.6) is 0 Å². The maximum atomic E-state index is 12.4. The molecule has 2 heterocycles. The Hall–Kier alpha value is -2.04. The Morgan fingerprint density at radius 3 is 2.90 bits per heavy atom. The first-order valence-electron chi connectivity index (χ1n) is 6.87. The van der Waals surface area contributed by atoms with Crippen LogP contribution in [-0.4, -0.2) is 10.8 Å². The zero-order valence-electron chi connectivity index (χ0n) is 11.3. The maximum Gasteiger partial charge on any atom is 0.169 e. The molecule has 21 heavy (non-hydrogen) atoms. The number of Topliss-reactive ketones (excluding diaryl/α,β-unsaturated/α-hetero) is 1. The lowest BCUT2D eigenvalue weighted by molar-refractivity contribution is 0.0993. The number of benzene rings is 2. The standard InChI is InChI=1S/C17H13NO2S/c19-15(11-5-6-12-9-20-10-13(12)7-11)8-17-18-14-3-1-2-4-16(14)21-17/h1-7H,8-10H2. The van der Waals surface area contributed by atoms with E-state index < -0.39 is 0 Å². The molecule has 3 nitrogen and oxygen atoms in total. The van der Waals surface area contributed by atoms with Crippen molar-refractivity contribution in [2.24, 2.45) is 0 Å². The Morgan fingerprint density at radius 2 is 2.00 bits per heavy atom. The summed E-state index contributed by atoms with van der Waals surface area (Å²) in [5.74, 6) is 0.115. The highest BCUT2D eigenvalue weighted by atomic mass is 32.1. The summed E-state index contributed by atoms with van der Waals surface area (Å²) >= 11 is 1.59. The van der Waals surface area contributed by atoms with Crippen LogP contribution in [-0.2, 0) is 24.4 Å². The summed E-state index contributed by atoms with van der Waals surface area (Å²) in [7, 11) is 0. The van der Waals surface area contributed by atoms with E-state index in [2.05, 4.69) is 4.98 Å². The van der Waals surface area contributed by atoms with Crippen LogP contribution >= 0.6 is 11.3 Å². The second-order valence-electron chi connectivity index (χ2n) is 5.15. The molecule has 0 spiro atoms. The highest BCUT2D eigenvalue weighted by molar-refractivity contribution is 7.18. The van der Waals surface area contributed by atoms with Gasteiger partial charge >= 0.3 is 0 Å². The van der Waals surface area contributed by atoms with E-state index in [1.54, 1.807) is 11.3 Å². The molecule has 1 aliphatic rings. The van der Waals surface area contributed by atoms with Gasteiger partial charge in [0.25, 0.3) is 0 Å². The Balaban J connectivity index is 1.60.